The van der Waals surface area contributed by atoms with E-state index in [0.29, 0.717) is 17.7 Å². The highest BCUT2D eigenvalue weighted by Gasteiger charge is 2.32. The molecule has 6 nitrogen and oxygen atoms in total. The van der Waals surface area contributed by atoms with E-state index in [-0.39, 0.29) is 18.4 Å². The fourth-order valence-electron chi connectivity index (χ4n) is 2.44. The average Bonchev–Trinajstić information content (AvgIpc) is 2.77. The van der Waals surface area contributed by atoms with Crippen LogP contribution in [0.25, 0.3) is 0 Å². The molecule has 0 aliphatic carbocycles. The summed E-state index contributed by atoms with van der Waals surface area (Å²) in [6.45, 7) is 2.79. The van der Waals surface area contributed by atoms with Crippen molar-refractivity contribution in [1.29, 1.82) is 0 Å². The Balaban J connectivity index is 1.82. The average molecular weight is 318 g/mol. The summed E-state index contributed by atoms with van der Waals surface area (Å²) in [4.78, 5) is 36.4. The van der Waals surface area contributed by atoms with Gasteiger partial charge in [-0.15, -0.1) is 0 Å². The van der Waals surface area contributed by atoms with Crippen LogP contribution in [-0.2, 0) is 11.3 Å². The molecule has 1 heterocycles. The third-order valence-electron chi connectivity index (χ3n) is 3.82. The van der Waals surface area contributed by atoms with Crippen molar-refractivity contribution in [2.75, 3.05) is 13.7 Å². The Hall–Kier alpha value is -2.37. The number of hydrogen-bond donors (Lipinski definition) is 1. The lowest BCUT2D eigenvalue weighted by atomic mass is 10.1. The van der Waals surface area contributed by atoms with Crippen LogP contribution in [0.3, 0.4) is 0 Å². The number of amides is 3. The molecular weight excluding hydrogens is 296 g/mol. The Morgan fingerprint density at radius 2 is 1.87 bits per heavy atom. The van der Waals surface area contributed by atoms with Crippen LogP contribution in [0.5, 0.6) is 0 Å². The monoisotopic (exact) mass is 318 g/mol. The van der Waals surface area contributed by atoms with Gasteiger partial charge in [0.1, 0.15) is 0 Å². The molecule has 23 heavy (non-hydrogen) atoms. The molecule has 1 N–H and O–H groups in total. The molecule has 0 fully saturated rings. The molecule has 124 valence electrons. The van der Waals surface area contributed by atoms with E-state index >= 15 is 0 Å². The number of nitrogens with one attached hydrogen (secondary N) is 1. The summed E-state index contributed by atoms with van der Waals surface area (Å²) in [6.07, 6.45) is 3.73. The number of fused-ring (bicyclic) bond motifs is 1. The van der Waals surface area contributed by atoms with Crippen LogP contribution in [-0.4, -0.2) is 36.5 Å². The Morgan fingerprint density at radius 3 is 2.61 bits per heavy atom. The Kier molecular flexibility index (Phi) is 5.73. The molecule has 0 bridgehead atoms. The Labute approximate surface area is 135 Å². The van der Waals surface area contributed by atoms with Crippen LogP contribution < -0.4 is 5.32 Å². The maximum absolute atomic E-state index is 11.9. The smallest absolute Gasteiger partial charge is 0.407 e. The number of rotatable bonds is 7. The number of ether oxygens (including phenoxy) is 1. The van der Waals surface area contributed by atoms with Crippen LogP contribution in [0, 0.1) is 0 Å². The molecule has 0 unspecified atom stereocenters. The molecule has 0 aromatic heterocycles. The van der Waals surface area contributed by atoms with Crippen LogP contribution >= 0.6 is 0 Å². The summed E-state index contributed by atoms with van der Waals surface area (Å²) >= 11 is 0. The van der Waals surface area contributed by atoms with Crippen LogP contribution in [0.2, 0.25) is 0 Å². The van der Waals surface area contributed by atoms with Gasteiger partial charge in [0.05, 0.1) is 17.7 Å². The molecule has 2 rings (SSSR count). The standard InChI is InChI=1S/C17H22N2O4/c1-3-4-5-6-9-23-17(22)18-11-12-7-8-13-14(10-12)16(21)19(2)15(13)20/h7-8,10H,3-6,9,11H2,1-2H3,(H,18,22). The van der Waals surface area contributed by atoms with Gasteiger partial charge in [-0.2, -0.15) is 0 Å². The van der Waals surface area contributed by atoms with Gasteiger partial charge in [-0.3, -0.25) is 14.5 Å². The van der Waals surface area contributed by atoms with Crippen molar-refractivity contribution in [2.24, 2.45) is 0 Å². The number of carbonyl (C=O) groups is 3. The van der Waals surface area contributed by atoms with E-state index in [9.17, 15) is 14.4 Å². The molecule has 0 atom stereocenters. The minimum absolute atomic E-state index is 0.256. The second-order valence-corrected chi connectivity index (χ2v) is 5.60. The summed E-state index contributed by atoms with van der Waals surface area (Å²) in [7, 11) is 1.46. The van der Waals surface area contributed by atoms with Crippen molar-refractivity contribution in [3.8, 4) is 0 Å². The van der Waals surface area contributed by atoms with Crippen LogP contribution in [0.1, 0.15) is 58.9 Å². The lowest BCUT2D eigenvalue weighted by Gasteiger charge is -2.07. The first-order valence-corrected chi connectivity index (χ1v) is 7.90. The van der Waals surface area contributed by atoms with Crippen molar-refractivity contribution in [1.82, 2.24) is 10.2 Å². The molecule has 1 aromatic carbocycles. The van der Waals surface area contributed by atoms with Gasteiger partial charge in [-0.1, -0.05) is 32.3 Å². The van der Waals surface area contributed by atoms with E-state index in [1.54, 1.807) is 18.2 Å². The fraction of sp³-hybridized carbons (Fsp3) is 0.471. The fourth-order valence-corrected chi connectivity index (χ4v) is 2.44. The zero-order chi connectivity index (χ0) is 16.8. The largest absolute Gasteiger partial charge is 0.450 e. The molecule has 3 amide bonds. The van der Waals surface area contributed by atoms with Gasteiger partial charge in [-0.25, -0.2) is 4.79 Å². The van der Waals surface area contributed by atoms with Crippen LogP contribution in [0.15, 0.2) is 18.2 Å². The van der Waals surface area contributed by atoms with Gasteiger partial charge in [-0.05, 0) is 24.1 Å². The first kappa shape index (κ1) is 17.0. The van der Waals surface area contributed by atoms with E-state index in [1.165, 1.54) is 7.05 Å². The summed E-state index contributed by atoms with van der Waals surface area (Å²) < 4.78 is 5.08. The molecule has 0 saturated heterocycles. The minimum atomic E-state index is -0.471. The van der Waals surface area contributed by atoms with E-state index in [2.05, 4.69) is 12.2 Å². The Morgan fingerprint density at radius 1 is 1.13 bits per heavy atom. The molecule has 0 spiro atoms. The second-order valence-electron chi connectivity index (χ2n) is 5.60. The molecule has 1 aliphatic rings. The van der Waals surface area contributed by atoms with Gasteiger partial charge < -0.3 is 10.1 Å². The molecule has 0 radical (unpaired) electrons. The third-order valence-corrected chi connectivity index (χ3v) is 3.82. The maximum Gasteiger partial charge on any atom is 0.407 e. The maximum atomic E-state index is 11.9. The first-order chi connectivity index (χ1) is 11.0. The second kappa shape index (κ2) is 7.76. The van der Waals surface area contributed by atoms with Crippen molar-refractivity contribution in [3.63, 3.8) is 0 Å². The minimum Gasteiger partial charge on any atom is -0.450 e. The number of benzene rings is 1. The lowest BCUT2D eigenvalue weighted by molar-refractivity contribution is 0.0693. The van der Waals surface area contributed by atoms with Crippen LogP contribution in [0.4, 0.5) is 4.79 Å². The highest BCUT2D eigenvalue weighted by Crippen LogP contribution is 2.22. The summed E-state index contributed by atoms with van der Waals surface area (Å²) in [6, 6.07) is 4.98. The topological polar surface area (TPSA) is 75.7 Å². The number of unbranched alkanes of at least 4 members (excludes halogenated alkanes) is 3. The predicted octanol–water partition coefficient (Wildman–Crippen LogP) is 2.72. The third kappa shape index (κ3) is 4.09. The van der Waals surface area contributed by atoms with Crippen molar-refractivity contribution in [2.45, 2.75) is 39.2 Å². The molecule has 6 heteroatoms. The highest BCUT2D eigenvalue weighted by atomic mass is 16.5. The van der Waals surface area contributed by atoms with E-state index in [0.717, 1.165) is 36.1 Å². The van der Waals surface area contributed by atoms with E-state index in [4.69, 9.17) is 4.74 Å². The zero-order valence-electron chi connectivity index (χ0n) is 13.6. The molecule has 1 aliphatic heterocycles. The van der Waals surface area contributed by atoms with Gasteiger partial charge in [0.15, 0.2) is 0 Å². The summed E-state index contributed by atoms with van der Waals surface area (Å²) in [5.41, 5.74) is 1.53. The molecular formula is C17H22N2O4. The first-order valence-electron chi connectivity index (χ1n) is 7.90. The number of carbonyl (C=O) groups excluding carboxylic acids is 3. The van der Waals surface area contributed by atoms with Gasteiger partial charge in [0.25, 0.3) is 11.8 Å². The Bertz CT molecular complexity index is 613. The number of nitrogens with zero attached hydrogens (tertiary/aromatic N) is 1. The SMILES string of the molecule is CCCCCCOC(=O)NCc1ccc2c(c1)C(=O)N(C)C2=O. The quantitative estimate of drug-likeness (QED) is 0.619. The molecule has 1 aromatic rings. The van der Waals surface area contributed by atoms with Crippen molar-refractivity contribution >= 4 is 17.9 Å². The normalized spacial score (nSPS) is 13.2. The van der Waals surface area contributed by atoms with Gasteiger partial charge in [0.2, 0.25) is 0 Å². The van der Waals surface area contributed by atoms with E-state index < -0.39 is 6.09 Å². The van der Waals surface area contributed by atoms with E-state index in [1.807, 2.05) is 0 Å². The number of hydrogen-bond acceptors (Lipinski definition) is 4. The van der Waals surface area contributed by atoms with Crippen molar-refractivity contribution in [3.05, 3.63) is 34.9 Å². The summed E-state index contributed by atoms with van der Waals surface area (Å²) in [5.74, 6) is -0.610. The van der Waals surface area contributed by atoms with Gasteiger partial charge in [0, 0.05) is 13.6 Å². The zero-order valence-corrected chi connectivity index (χ0v) is 13.6. The summed E-state index contributed by atoms with van der Waals surface area (Å²) in [5, 5.41) is 2.65. The van der Waals surface area contributed by atoms with Crippen molar-refractivity contribution < 1.29 is 19.1 Å². The highest BCUT2D eigenvalue weighted by molar-refractivity contribution is 6.21. The van der Waals surface area contributed by atoms with Gasteiger partial charge >= 0.3 is 6.09 Å². The molecule has 0 saturated carbocycles. The lowest BCUT2D eigenvalue weighted by Crippen LogP contribution is -2.24. The number of alkyl carbamates (subject to hydrolysis) is 1. The predicted molar refractivity (Wildman–Crippen MR) is 85.2 cm³/mol. The number of imide groups is 1.